The van der Waals surface area contributed by atoms with Crippen molar-refractivity contribution in [3.05, 3.63) is 0 Å². The van der Waals surface area contributed by atoms with Crippen LogP contribution in [0.4, 0.5) is 0 Å². The summed E-state index contributed by atoms with van der Waals surface area (Å²) in [6.45, 7) is 3.66. The highest BCUT2D eigenvalue weighted by atomic mass is 16.3. The summed E-state index contributed by atoms with van der Waals surface area (Å²) in [5.41, 5.74) is 3.71. The molecule has 0 aromatic rings. The van der Waals surface area contributed by atoms with Gasteiger partial charge in [-0.15, -0.1) is 0 Å². The Morgan fingerprint density at radius 3 is 2.20 bits per heavy atom. The molecule has 0 aliphatic carbocycles. The molecule has 3 nitrogen and oxygen atoms in total. The lowest BCUT2D eigenvalue weighted by Crippen LogP contribution is -2.43. The summed E-state index contributed by atoms with van der Waals surface area (Å²) < 4.78 is 0. The molecule has 0 radical (unpaired) electrons. The van der Waals surface area contributed by atoms with Gasteiger partial charge in [-0.05, 0) is 12.8 Å². The van der Waals surface area contributed by atoms with Crippen LogP contribution in [0.15, 0.2) is 0 Å². The van der Waals surface area contributed by atoms with Crippen LogP contribution in [0, 0.1) is 0 Å². The van der Waals surface area contributed by atoms with E-state index < -0.39 is 11.5 Å². The van der Waals surface area contributed by atoms with Gasteiger partial charge in [0.05, 0.1) is 0 Å². The van der Waals surface area contributed by atoms with Crippen molar-refractivity contribution in [1.29, 1.82) is 0 Å². The van der Waals surface area contributed by atoms with Gasteiger partial charge in [0.1, 0.15) is 5.60 Å². The van der Waals surface area contributed by atoms with Gasteiger partial charge in [0, 0.05) is 0 Å². The highest BCUT2D eigenvalue weighted by molar-refractivity contribution is 5.82. The maximum atomic E-state index is 10.6. The van der Waals surface area contributed by atoms with Crippen LogP contribution in [-0.2, 0) is 4.79 Å². The predicted molar refractivity (Wildman–Crippen MR) is 39.3 cm³/mol. The third kappa shape index (κ3) is 1.99. The topological polar surface area (TPSA) is 63.3 Å². The molecule has 0 bridgehead atoms. The molecule has 3 N–H and O–H groups in total. The van der Waals surface area contributed by atoms with Crippen molar-refractivity contribution in [2.45, 2.75) is 38.7 Å². The fourth-order valence-electron chi connectivity index (χ4n) is 0.888. The Bertz CT molecular complexity index is 125. The first-order valence-electron chi connectivity index (χ1n) is 3.59. The van der Waals surface area contributed by atoms with E-state index >= 15 is 0 Å². The molecule has 0 aliphatic heterocycles. The Kier molecular flexibility index (Phi) is 3.36. The molecule has 1 amide bonds. The SMILES string of the molecule is CCCC(O)(CC)C(N)=O. The number of carbonyl (C=O) groups excluding carboxylic acids is 1. The monoisotopic (exact) mass is 145 g/mol. The molecule has 0 rings (SSSR count). The molecule has 0 heterocycles. The van der Waals surface area contributed by atoms with Crippen LogP contribution < -0.4 is 5.73 Å². The van der Waals surface area contributed by atoms with Gasteiger partial charge in [-0.25, -0.2) is 0 Å². The van der Waals surface area contributed by atoms with Gasteiger partial charge in [0.15, 0.2) is 0 Å². The summed E-state index contributed by atoms with van der Waals surface area (Å²) >= 11 is 0. The van der Waals surface area contributed by atoms with Crippen LogP contribution in [0.2, 0.25) is 0 Å². The number of carbonyl (C=O) groups is 1. The van der Waals surface area contributed by atoms with Crippen molar-refractivity contribution in [3.63, 3.8) is 0 Å². The Hall–Kier alpha value is -0.570. The zero-order chi connectivity index (χ0) is 8.20. The van der Waals surface area contributed by atoms with Crippen molar-refractivity contribution in [1.82, 2.24) is 0 Å². The Balaban J connectivity index is 4.08. The van der Waals surface area contributed by atoms with Gasteiger partial charge >= 0.3 is 0 Å². The van der Waals surface area contributed by atoms with Crippen LogP contribution in [0.25, 0.3) is 0 Å². The molecule has 10 heavy (non-hydrogen) atoms. The molecule has 1 unspecified atom stereocenters. The zero-order valence-corrected chi connectivity index (χ0v) is 6.55. The van der Waals surface area contributed by atoms with E-state index in [1.807, 2.05) is 6.92 Å². The van der Waals surface area contributed by atoms with Gasteiger partial charge < -0.3 is 10.8 Å². The molecule has 0 saturated heterocycles. The van der Waals surface area contributed by atoms with Crippen LogP contribution in [0.5, 0.6) is 0 Å². The maximum absolute atomic E-state index is 10.6. The lowest BCUT2D eigenvalue weighted by Gasteiger charge is -2.21. The highest BCUT2D eigenvalue weighted by Gasteiger charge is 2.29. The normalized spacial score (nSPS) is 16.3. The summed E-state index contributed by atoms with van der Waals surface area (Å²) in [6, 6.07) is 0. The molecule has 0 aromatic heterocycles. The van der Waals surface area contributed by atoms with Crippen LogP contribution in [-0.4, -0.2) is 16.6 Å². The third-order valence-corrected chi connectivity index (χ3v) is 1.71. The highest BCUT2D eigenvalue weighted by Crippen LogP contribution is 2.15. The number of rotatable bonds is 4. The standard InChI is InChI=1S/C7H15NO2/c1-3-5-7(10,4-2)6(8)9/h10H,3-5H2,1-2H3,(H2,8,9). The van der Waals surface area contributed by atoms with Crippen molar-refractivity contribution in [3.8, 4) is 0 Å². The number of primary amides is 1. The van der Waals surface area contributed by atoms with E-state index in [4.69, 9.17) is 5.73 Å². The van der Waals surface area contributed by atoms with Crippen LogP contribution in [0.1, 0.15) is 33.1 Å². The van der Waals surface area contributed by atoms with E-state index in [2.05, 4.69) is 0 Å². The van der Waals surface area contributed by atoms with E-state index in [-0.39, 0.29) is 0 Å². The number of hydrogen-bond donors (Lipinski definition) is 2. The molecule has 0 saturated carbocycles. The summed E-state index contributed by atoms with van der Waals surface area (Å²) in [7, 11) is 0. The second-order valence-electron chi connectivity index (χ2n) is 2.50. The van der Waals surface area contributed by atoms with Gasteiger partial charge in [0.2, 0.25) is 5.91 Å². The number of amides is 1. The molecule has 60 valence electrons. The fourth-order valence-corrected chi connectivity index (χ4v) is 0.888. The third-order valence-electron chi connectivity index (χ3n) is 1.71. The molecule has 0 spiro atoms. The molecule has 1 atom stereocenters. The summed E-state index contributed by atoms with van der Waals surface area (Å²) in [6.07, 6.45) is 1.63. The Labute approximate surface area is 61.2 Å². The van der Waals surface area contributed by atoms with Crippen molar-refractivity contribution in [2.24, 2.45) is 5.73 Å². The second-order valence-corrected chi connectivity index (χ2v) is 2.50. The van der Waals surface area contributed by atoms with E-state index in [9.17, 15) is 9.90 Å². The zero-order valence-electron chi connectivity index (χ0n) is 6.55. The second kappa shape index (κ2) is 3.56. The first kappa shape index (κ1) is 9.43. The van der Waals surface area contributed by atoms with Crippen LogP contribution in [0.3, 0.4) is 0 Å². The van der Waals surface area contributed by atoms with E-state index in [0.717, 1.165) is 6.42 Å². The minimum absolute atomic E-state index is 0.399. The number of aliphatic hydroxyl groups is 1. The first-order valence-corrected chi connectivity index (χ1v) is 3.59. The summed E-state index contributed by atoms with van der Waals surface area (Å²) in [4.78, 5) is 10.6. The van der Waals surface area contributed by atoms with Gasteiger partial charge in [-0.2, -0.15) is 0 Å². The van der Waals surface area contributed by atoms with E-state index in [1.165, 1.54) is 0 Å². The molecular formula is C7H15NO2. The van der Waals surface area contributed by atoms with E-state index in [1.54, 1.807) is 6.92 Å². The van der Waals surface area contributed by atoms with Gasteiger partial charge in [0.25, 0.3) is 0 Å². The van der Waals surface area contributed by atoms with Gasteiger partial charge in [-0.3, -0.25) is 4.79 Å². The molecular weight excluding hydrogens is 130 g/mol. The minimum Gasteiger partial charge on any atom is -0.380 e. The lowest BCUT2D eigenvalue weighted by molar-refractivity contribution is -0.137. The van der Waals surface area contributed by atoms with Crippen molar-refractivity contribution in [2.75, 3.05) is 0 Å². The molecule has 0 aliphatic rings. The average Bonchev–Trinajstić information content (AvgIpc) is 1.88. The number of nitrogens with two attached hydrogens (primary N) is 1. The smallest absolute Gasteiger partial charge is 0.249 e. The molecule has 0 fully saturated rings. The maximum Gasteiger partial charge on any atom is 0.249 e. The fraction of sp³-hybridized carbons (Fsp3) is 0.857. The first-order chi connectivity index (χ1) is 4.56. The predicted octanol–water partition coefficient (Wildman–Crippen LogP) is 0.413. The largest absolute Gasteiger partial charge is 0.380 e. The van der Waals surface area contributed by atoms with E-state index in [0.29, 0.717) is 12.8 Å². The average molecular weight is 145 g/mol. The van der Waals surface area contributed by atoms with Crippen molar-refractivity contribution < 1.29 is 9.90 Å². The Morgan fingerprint density at radius 1 is 1.60 bits per heavy atom. The molecule has 0 aromatic carbocycles. The number of hydrogen-bond acceptors (Lipinski definition) is 2. The van der Waals surface area contributed by atoms with Crippen LogP contribution >= 0.6 is 0 Å². The molecule has 3 heteroatoms. The van der Waals surface area contributed by atoms with Crippen molar-refractivity contribution >= 4 is 5.91 Å². The van der Waals surface area contributed by atoms with Gasteiger partial charge in [-0.1, -0.05) is 20.3 Å². The Morgan fingerprint density at radius 2 is 2.10 bits per heavy atom. The quantitative estimate of drug-likeness (QED) is 0.602. The summed E-state index contributed by atoms with van der Waals surface area (Å²) in [5.74, 6) is -0.614. The summed E-state index contributed by atoms with van der Waals surface area (Å²) in [5, 5.41) is 9.42. The minimum atomic E-state index is -1.27. The lowest BCUT2D eigenvalue weighted by atomic mass is 9.94.